The van der Waals surface area contributed by atoms with Crippen LogP contribution >= 0.6 is 11.8 Å². The second-order valence-electron chi connectivity index (χ2n) is 6.50. The van der Waals surface area contributed by atoms with E-state index in [4.69, 9.17) is 0 Å². The summed E-state index contributed by atoms with van der Waals surface area (Å²) in [6.45, 7) is 0. The number of carbonyl (C=O) groups excluding carboxylic acids is 2. The van der Waals surface area contributed by atoms with Crippen molar-refractivity contribution in [2.75, 3.05) is 21.1 Å². The van der Waals surface area contributed by atoms with Crippen LogP contribution in [-0.2, 0) is 14.8 Å². The minimum atomic E-state index is -3.73. The van der Waals surface area contributed by atoms with Gasteiger partial charge in [-0.25, -0.2) is 8.42 Å². The van der Waals surface area contributed by atoms with E-state index in [1.54, 1.807) is 54.6 Å². The minimum Gasteiger partial charge on any atom is -0.324 e. The number of hydrogen-bond acceptors (Lipinski definition) is 5. The van der Waals surface area contributed by atoms with Crippen molar-refractivity contribution >= 4 is 50.7 Å². The predicted molar refractivity (Wildman–Crippen MR) is 117 cm³/mol. The maximum Gasteiger partial charge on any atom is 0.261 e. The Morgan fingerprint density at radius 1 is 0.933 bits per heavy atom. The normalized spacial score (nSPS) is 13.1. The molecule has 30 heavy (non-hydrogen) atoms. The fourth-order valence-electron chi connectivity index (χ4n) is 2.90. The lowest BCUT2D eigenvalue weighted by Gasteiger charge is -2.17. The first-order chi connectivity index (χ1) is 14.4. The maximum absolute atomic E-state index is 12.6. The summed E-state index contributed by atoms with van der Waals surface area (Å²) in [4.78, 5) is 25.2. The zero-order valence-corrected chi connectivity index (χ0v) is 17.2. The van der Waals surface area contributed by atoms with Gasteiger partial charge in [-0.1, -0.05) is 24.3 Å². The molecule has 0 saturated carbocycles. The highest BCUT2D eigenvalue weighted by Crippen LogP contribution is 2.32. The van der Waals surface area contributed by atoms with Gasteiger partial charge >= 0.3 is 0 Å². The van der Waals surface area contributed by atoms with Gasteiger partial charge in [-0.15, -0.1) is 11.8 Å². The third-order valence-electron chi connectivity index (χ3n) is 4.30. The van der Waals surface area contributed by atoms with Gasteiger partial charge < -0.3 is 10.6 Å². The smallest absolute Gasteiger partial charge is 0.261 e. The Hall–Kier alpha value is -3.30. The van der Waals surface area contributed by atoms with Crippen molar-refractivity contribution in [1.29, 1.82) is 0 Å². The third kappa shape index (κ3) is 4.47. The van der Waals surface area contributed by atoms with Gasteiger partial charge in [-0.3, -0.25) is 14.3 Å². The van der Waals surface area contributed by atoms with E-state index in [2.05, 4.69) is 15.4 Å². The number of benzene rings is 3. The van der Waals surface area contributed by atoms with Crippen molar-refractivity contribution < 1.29 is 18.0 Å². The summed E-state index contributed by atoms with van der Waals surface area (Å²) < 4.78 is 27.5. The number of amides is 2. The van der Waals surface area contributed by atoms with E-state index in [0.717, 1.165) is 4.90 Å². The van der Waals surface area contributed by atoms with E-state index in [1.165, 1.54) is 30.0 Å². The topological polar surface area (TPSA) is 104 Å². The Bertz CT molecular complexity index is 1230. The summed E-state index contributed by atoms with van der Waals surface area (Å²) in [5.74, 6) is -0.126. The van der Waals surface area contributed by atoms with Gasteiger partial charge in [-0.05, 0) is 48.5 Å². The van der Waals surface area contributed by atoms with Crippen molar-refractivity contribution in [3.8, 4) is 0 Å². The van der Waals surface area contributed by atoms with Crippen LogP contribution in [0.3, 0.4) is 0 Å². The fraction of sp³-hybridized carbons (Fsp3) is 0.0476. The standard InChI is InChI=1S/C21H17N3O4S2/c25-20-13-29-19-10-9-14(11-18(19)23-20)21(26)22-15-5-4-6-16(12-15)24-30(27,28)17-7-2-1-3-8-17/h1-12,24H,13H2,(H,22,26)(H,23,25). The van der Waals surface area contributed by atoms with Crippen molar-refractivity contribution in [2.45, 2.75) is 9.79 Å². The zero-order valence-electron chi connectivity index (χ0n) is 15.6. The zero-order chi connectivity index (χ0) is 21.1. The van der Waals surface area contributed by atoms with Crippen molar-refractivity contribution in [1.82, 2.24) is 0 Å². The lowest BCUT2D eigenvalue weighted by Crippen LogP contribution is -2.20. The highest BCUT2D eigenvalue weighted by molar-refractivity contribution is 8.00. The Kier molecular flexibility index (Phi) is 5.47. The number of thioether (sulfide) groups is 1. The SMILES string of the molecule is O=C1CSc2ccc(C(=O)Nc3cccc(NS(=O)(=O)c4ccccc4)c3)cc2N1. The maximum atomic E-state index is 12.6. The first-order valence-corrected chi connectivity index (χ1v) is 11.4. The number of sulfonamides is 1. The van der Waals surface area contributed by atoms with Crippen LogP contribution in [0.15, 0.2) is 82.6 Å². The van der Waals surface area contributed by atoms with Gasteiger partial charge in [0.15, 0.2) is 0 Å². The molecule has 3 N–H and O–H groups in total. The molecule has 0 bridgehead atoms. The third-order valence-corrected chi connectivity index (χ3v) is 6.77. The molecule has 0 saturated heterocycles. The van der Waals surface area contributed by atoms with Crippen LogP contribution in [0.2, 0.25) is 0 Å². The monoisotopic (exact) mass is 439 g/mol. The van der Waals surface area contributed by atoms with Crippen LogP contribution < -0.4 is 15.4 Å². The molecule has 1 heterocycles. The number of fused-ring (bicyclic) bond motifs is 1. The van der Waals surface area contributed by atoms with Gasteiger partial charge in [0.2, 0.25) is 5.91 Å². The molecule has 3 aromatic rings. The Morgan fingerprint density at radius 2 is 1.70 bits per heavy atom. The number of hydrogen-bond donors (Lipinski definition) is 3. The number of rotatable bonds is 5. The van der Waals surface area contributed by atoms with Crippen LogP contribution in [-0.4, -0.2) is 26.0 Å². The summed E-state index contributed by atoms with van der Waals surface area (Å²) in [6, 6.07) is 19.6. The van der Waals surface area contributed by atoms with Crippen LogP contribution in [0.1, 0.15) is 10.4 Å². The molecule has 9 heteroatoms. The molecule has 1 aliphatic heterocycles. The fourth-order valence-corrected chi connectivity index (χ4v) is 4.76. The van der Waals surface area contributed by atoms with Crippen molar-refractivity contribution in [3.63, 3.8) is 0 Å². The number of anilines is 3. The summed E-state index contributed by atoms with van der Waals surface area (Å²) in [7, 11) is -3.73. The second-order valence-corrected chi connectivity index (χ2v) is 9.20. The minimum absolute atomic E-state index is 0.108. The number of nitrogens with one attached hydrogen (secondary N) is 3. The Morgan fingerprint density at radius 3 is 2.50 bits per heavy atom. The van der Waals surface area contributed by atoms with Crippen LogP contribution in [0, 0.1) is 0 Å². The van der Waals surface area contributed by atoms with Gasteiger partial charge in [0.1, 0.15) is 0 Å². The first kappa shape index (κ1) is 20.0. The molecule has 0 fully saturated rings. The first-order valence-electron chi connectivity index (χ1n) is 8.97. The van der Waals surface area contributed by atoms with Crippen molar-refractivity contribution in [2.24, 2.45) is 0 Å². The van der Waals surface area contributed by atoms with E-state index in [1.807, 2.05) is 0 Å². The molecular formula is C21H17N3O4S2. The van der Waals surface area contributed by atoms with Gasteiger partial charge in [0, 0.05) is 16.1 Å². The van der Waals surface area contributed by atoms with E-state index >= 15 is 0 Å². The van der Waals surface area contributed by atoms with Gasteiger partial charge in [0.05, 0.1) is 22.0 Å². The average Bonchev–Trinajstić information content (AvgIpc) is 2.73. The Labute approximate surface area is 177 Å². The summed E-state index contributed by atoms with van der Waals surface area (Å²) >= 11 is 1.42. The molecular weight excluding hydrogens is 422 g/mol. The molecule has 0 atom stereocenters. The lowest BCUT2D eigenvalue weighted by molar-refractivity contribution is -0.113. The molecule has 0 radical (unpaired) electrons. The molecule has 4 rings (SSSR count). The largest absolute Gasteiger partial charge is 0.324 e. The second kappa shape index (κ2) is 8.21. The molecule has 3 aromatic carbocycles. The Balaban J connectivity index is 1.50. The predicted octanol–water partition coefficient (Wildman–Crippen LogP) is 3.78. The van der Waals surface area contributed by atoms with Gasteiger partial charge in [0.25, 0.3) is 15.9 Å². The summed E-state index contributed by atoms with van der Waals surface area (Å²) in [5, 5.41) is 5.50. The average molecular weight is 440 g/mol. The molecule has 7 nitrogen and oxygen atoms in total. The molecule has 1 aliphatic rings. The summed E-state index contributed by atoms with van der Waals surface area (Å²) in [6.07, 6.45) is 0. The molecule has 2 amide bonds. The van der Waals surface area contributed by atoms with E-state index in [9.17, 15) is 18.0 Å². The molecule has 0 unspecified atom stereocenters. The molecule has 0 aliphatic carbocycles. The molecule has 152 valence electrons. The van der Waals surface area contributed by atoms with Gasteiger partial charge in [-0.2, -0.15) is 0 Å². The summed E-state index contributed by atoms with van der Waals surface area (Å²) in [5.41, 5.74) is 1.75. The van der Waals surface area contributed by atoms with Crippen LogP contribution in [0.25, 0.3) is 0 Å². The molecule has 0 spiro atoms. The van der Waals surface area contributed by atoms with E-state index in [-0.39, 0.29) is 16.7 Å². The highest BCUT2D eigenvalue weighted by atomic mass is 32.2. The van der Waals surface area contributed by atoms with Crippen LogP contribution in [0.4, 0.5) is 17.1 Å². The molecule has 0 aromatic heterocycles. The highest BCUT2D eigenvalue weighted by Gasteiger charge is 2.18. The lowest BCUT2D eigenvalue weighted by atomic mass is 10.1. The van der Waals surface area contributed by atoms with Crippen LogP contribution in [0.5, 0.6) is 0 Å². The van der Waals surface area contributed by atoms with E-state index in [0.29, 0.717) is 28.4 Å². The van der Waals surface area contributed by atoms with E-state index < -0.39 is 10.0 Å². The quantitative estimate of drug-likeness (QED) is 0.561. The number of carbonyl (C=O) groups is 2. The van der Waals surface area contributed by atoms with Crippen molar-refractivity contribution in [3.05, 3.63) is 78.4 Å².